The Balaban J connectivity index is 2.13. The molecule has 0 saturated heterocycles. The van der Waals surface area contributed by atoms with Crippen molar-refractivity contribution in [3.63, 3.8) is 0 Å². The molecule has 0 saturated carbocycles. The molecule has 2 rings (SSSR count). The molecule has 0 aromatic heterocycles. The first-order valence-electron chi connectivity index (χ1n) is 9.98. The lowest BCUT2D eigenvalue weighted by Crippen LogP contribution is -3.05. The average Bonchev–Trinajstić information content (AvgIpc) is 2.69. The number of ether oxygens (including phenoxy) is 1. The minimum atomic E-state index is 0.535. The SMILES string of the molecule is COc1ccc(N(Cc2ccc(C(C)C)cc2)C(=S)NCCC[NH+](C)C)cc1. The maximum Gasteiger partial charge on any atom is 0.173 e. The van der Waals surface area contributed by atoms with E-state index >= 15 is 0 Å². The highest BCUT2D eigenvalue weighted by molar-refractivity contribution is 7.80. The van der Waals surface area contributed by atoms with Crippen LogP contribution in [0.4, 0.5) is 5.69 Å². The molecule has 5 heteroatoms. The van der Waals surface area contributed by atoms with Crippen molar-refractivity contribution in [1.29, 1.82) is 0 Å². The lowest BCUT2D eigenvalue weighted by atomic mass is 10.0. The highest BCUT2D eigenvalue weighted by Gasteiger charge is 2.13. The second kappa shape index (κ2) is 11.0. The Morgan fingerprint density at radius 1 is 1.07 bits per heavy atom. The molecule has 0 atom stereocenters. The van der Waals surface area contributed by atoms with E-state index in [1.165, 1.54) is 16.0 Å². The Morgan fingerprint density at radius 3 is 2.25 bits per heavy atom. The highest BCUT2D eigenvalue weighted by Crippen LogP contribution is 2.22. The first kappa shape index (κ1) is 22.2. The molecule has 0 spiro atoms. The summed E-state index contributed by atoms with van der Waals surface area (Å²) in [5, 5.41) is 4.18. The third-order valence-corrected chi connectivity index (χ3v) is 5.11. The van der Waals surface area contributed by atoms with E-state index in [1.807, 2.05) is 12.1 Å². The van der Waals surface area contributed by atoms with E-state index in [1.54, 1.807) is 7.11 Å². The third kappa shape index (κ3) is 6.80. The molecule has 28 heavy (non-hydrogen) atoms. The van der Waals surface area contributed by atoms with Gasteiger partial charge in [-0.25, -0.2) is 0 Å². The number of anilines is 1. The van der Waals surface area contributed by atoms with Gasteiger partial charge in [-0.2, -0.15) is 0 Å². The van der Waals surface area contributed by atoms with Crippen LogP contribution in [0, 0.1) is 0 Å². The topological polar surface area (TPSA) is 28.9 Å². The molecule has 2 aromatic carbocycles. The van der Waals surface area contributed by atoms with Crippen molar-refractivity contribution in [3.05, 3.63) is 59.7 Å². The van der Waals surface area contributed by atoms with Crippen LogP contribution in [0.25, 0.3) is 0 Å². The van der Waals surface area contributed by atoms with Crippen molar-refractivity contribution in [2.75, 3.05) is 39.2 Å². The molecule has 4 nitrogen and oxygen atoms in total. The minimum absolute atomic E-state index is 0.535. The molecule has 0 aliphatic carbocycles. The molecule has 0 unspecified atom stereocenters. The van der Waals surface area contributed by atoms with Crippen LogP contribution in [0.2, 0.25) is 0 Å². The summed E-state index contributed by atoms with van der Waals surface area (Å²) >= 11 is 5.74. The predicted molar refractivity (Wildman–Crippen MR) is 123 cm³/mol. The second-order valence-corrected chi connectivity index (χ2v) is 8.11. The molecule has 0 amide bonds. The second-order valence-electron chi connectivity index (χ2n) is 7.72. The van der Waals surface area contributed by atoms with Gasteiger partial charge in [-0.05, 0) is 53.5 Å². The lowest BCUT2D eigenvalue weighted by molar-refractivity contribution is -0.858. The first-order valence-corrected chi connectivity index (χ1v) is 10.4. The number of nitrogens with zero attached hydrogens (tertiary/aromatic N) is 1. The van der Waals surface area contributed by atoms with Gasteiger partial charge in [0.25, 0.3) is 0 Å². The quantitative estimate of drug-likeness (QED) is 0.499. The van der Waals surface area contributed by atoms with Crippen LogP contribution >= 0.6 is 12.2 Å². The summed E-state index contributed by atoms with van der Waals surface area (Å²) in [6.45, 7) is 7.16. The van der Waals surface area contributed by atoms with Crippen LogP contribution in [-0.4, -0.2) is 39.4 Å². The molecule has 2 aromatic rings. The molecule has 0 bridgehead atoms. The zero-order valence-corrected chi connectivity index (χ0v) is 18.6. The number of benzene rings is 2. The van der Waals surface area contributed by atoms with Gasteiger partial charge in [0.1, 0.15) is 5.75 Å². The average molecular weight is 401 g/mol. The van der Waals surface area contributed by atoms with Gasteiger partial charge >= 0.3 is 0 Å². The summed E-state index contributed by atoms with van der Waals surface area (Å²) in [5.41, 5.74) is 3.65. The fraction of sp³-hybridized carbons (Fsp3) is 0.435. The number of thiocarbonyl (C=S) groups is 1. The van der Waals surface area contributed by atoms with Crippen LogP contribution in [0.3, 0.4) is 0 Å². The van der Waals surface area contributed by atoms with Crippen molar-refractivity contribution in [2.24, 2.45) is 0 Å². The Bertz CT molecular complexity index is 727. The maximum atomic E-state index is 5.74. The van der Waals surface area contributed by atoms with Crippen LogP contribution in [0.15, 0.2) is 48.5 Å². The van der Waals surface area contributed by atoms with E-state index in [4.69, 9.17) is 17.0 Å². The summed E-state index contributed by atoms with van der Waals surface area (Å²) in [6, 6.07) is 16.9. The third-order valence-electron chi connectivity index (χ3n) is 4.75. The largest absolute Gasteiger partial charge is 0.497 e. The Hall–Kier alpha value is -2.11. The van der Waals surface area contributed by atoms with E-state index in [0.717, 1.165) is 42.6 Å². The van der Waals surface area contributed by atoms with Gasteiger partial charge in [0.2, 0.25) is 0 Å². The standard InChI is InChI=1S/C23H33N3OS/c1-18(2)20-9-7-19(8-10-20)17-26(21-11-13-22(27-5)14-12-21)23(28)24-15-6-16-25(3)4/h7-14,18H,6,15-17H2,1-5H3,(H,24,28)/p+1. The summed E-state index contributed by atoms with van der Waals surface area (Å²) < 4.78 is 5.30. The van der Waals surface area contributed by atoms with Crippen LogP contribution in [0.1, 0.15) is 37.3 Å². The van der Waals surface area contributed by atoms with Gasteiger partial charge in [-0.3, -0.25) is 0 Å². The van der Waals surface area contributed by atoms with Crippen LogP contribution < -0.4 is 19.9 Å². The predicted octanol–water partition coefficient (Wildman–Crippen LogP) is 3.23. The van der Waals surface area contributed by atoms with Crippen molar-refractivity contribution >= 4 is 23.0 Å². The molecular formula is C23H34N3OS+. The first-order chi connectivity index (χ1) is 13.4. The zero-order valence-electron chi connectivity index (χ0n) is 17.8. The molecule has 0 aliphatic heterocycles. The molecular weight excluding hydrogens is 366 g/mol. The Kier molecular flexibility index (Phi) is 8.74. The number of hydrogen-bond acceptors (Lipinski definition) is 2. The zero-order chi connectivity index (χ0) is 20.5. The molecule has 0 aliphatic rings. The monoisotopic (exact) mass is 400 g/mol. The maximum absolute atomic E-state index is 5.74. The molecule has 0 heterocycles. The number of hydrogen-bond donors (Lipinski definition) is 2. The molecule has 0 fully saturated rings. The number of methoxy groups -OCH3 is 1. The summed E-state index contributed by atoms with van der Waals surface area (Å²) in [5.74, 6) is 1.38. The highest BCUT2D eigenvalue weighted by atomic mass is 32.1. The van der Waals surface area contributed by atoms with Crippen molar-refractivity contribution in [2.45, 2.75) is 32.7 Å². The molecule has 2 N–H and O–H groups in total. The minimum Gasteiger partial charge on any atom is -0.497 e. The Morgan fingerprint density at radius 2 is 1.71 bits per heavy atom. The van der Waals surface area contributed by atoms with Gasteiger partial charge in [0.05, 0.1) is 34.3 Å². The molecule has 0 radical (unpaired) electrons. The van der Waals surface area contributed by atoms with Crippen molar-refractivity contribution in [1.82, 2.24) is 5.32 Å². The summed E-state index contributed by atoms with van der Waals surface area (Å²) in [6.07, 6.45) is 1.09. The lowest BCUT2D eigenvalue weighted by Gasteiger charge is -2.26. The van der Waals surface area contributed by atoms with E-state index in [9.17, 15) is 0 Å². The normalized spacial score (nSPS) is 11.0. The van der Waals surface area contributed by atoms with E-state index < -0.39 is 0 Å². The van der Waals surface area contributed by atoms with Crippen LogP contribution in [0.5, 0.6) is 5.75 Å². The van der Waals surface area contributed by atoms with E-state index in [2.05, 4.69) is 74.6 Å². The van der Waals surface area contributed by atoms with Gasteiger partial charge in [-0.15, -0.1) is 0 Å². The van der Waals surface area contributed by atoms with E-state index in [0.29, 0.717) is 5.92 Å². The fourth-order valence-corrected chi connectivity index (χ4v) is 3.24. The summed E-state index contributed by atoms with van der Waals surface area (Å²) in [4.78, 5) is 3.60. The van der Waals surface area contributed by atoms with Gasteiger partial charge in [-0.1, -0.05) is 38.1 Å². The van der Waals surface area contributed by atoms with Gasteiger partial charge in [0, 0.05) is 18.7 Å². The van der Waals surface area contributed by atoms with Crippen LogP contribution in [-0.2, 0) is 6.54 Å². The van der Waals surface area contributed by atoms with Crippen molar-refractivity contribution in [3.8, 4) is 5.75 Å². The van der Waals surface area contributed by atoms with Crippen molar-refractivity contribution < 1.29 is 9.64 Å². The van der Waals surface area contributed by atoms with Gasteiger partial charge in [0.15, 0.2) is 5.11 Å². The Labute approximate surface area is 175 Å². The van der Waals surface area contributed by atoms with E-state index in [-0.39, 0.29) is 0 Å². The number of nitrogens with one attached hydrogen (secondary N) is 2. The van der Waals surface area contributed by atoms with Gasteiger partial charge < -0.3 is 19.9 Å². The fourth-order valence-electron chi connectivity index (χ4n) is 2.97. The number of quaternary nitrogens is 1. The molecule has 152 valence electrons. The number of rotatable bonds is 9. The summed E-state index contributed by atoms with van der Waals surface area (Å²) in [7, 11) is 6.02. The smallest absolute Gasteiger partial charge is 0.173 e.